The Balaban J connectivity index is 1.87. The highest BCUT2D eigenvalue weighted by molar-refractivity contribution is 5.88. The smallest absolute Gasteiger partial charge is 0.227 e. The summed E-state index contributed by atoms with van der Waals surface area (Å²) in [4.78, 5) is 15.9. The van der Waals surface area contributed by atoms with E-state index in [2.05, 4.69) is 72.1 Å². The molecule has 0 radical (unpaired) electrons. The van der Waals surface area contributed by atoms with Gasteiger partial charge in [0.25, 0.3) is 0 Å². The molecule has 142 valence electrons. The fourth-order valence-electron chi connectivity index (χ4n) is 3.22. The quantitative estimate of drug-likeness (QED) is 0.571. The molecule has 1 N–H and O–H groups in total. The van der Waals surface area contributed by atoms with Gasteiger partial charge in [0.2, 0.25) is 5.95 Å². The normalized spacial score (nSPS) is 11.1. The number of benzene rings is 1. The highest BCUT2D eigenvalue weighted by Gasteiger charge is 2.10. The lowest BCUT2D eigenvalue weighted by atomic mass is 9.97. The molecule has 2 aromatic heterocycles. The van der Waals surface area contributed by atoms with E-state index in [0.29, 0.717) is 5.92 Å². The molecule has 1 aromatic carbocycles. The van der Waals surface area contributed by atoms with Crippen molar-refractivity contribution < 1.29 is 0 Å². The van der Waals surface area contributed by atoms with Gasteiger partial charge in [0.15, 0.2) is 0 Å². The number of pyridine rings is 1. The van der Waals surface area contributed by atoms with Gasteiger partial charge in [-0.25, -0.2) is 9.97 Å². The minimum absolute atomic E-state index is 0.464. The Labute approximate surface area is 161 Å². The molecule has 3 rings (SSSR count). The Morgan fingerprint density at radius 1 is 1.07 bits per heavy atom. The van der Waals surface area contributed by atoms with Crippen molar-refractivity contribution >= 4 is 28.4 Å². The van der Waals surface area contributed by atoms with Gasteiger partial charge >= 0.3 is 0 Å². The van der Waals surface area contributed by atoms with Crippen LogP contribution in [0, 0.1) is 0 Å². The molecule has 27 heavy (non-hydrogen) atoms. The van der Waals surface area contributed by atoms with E-state index in [1.807, 2.05) is 12.3 Å². The van der Waals surface area contributed by atoms with Crippen LogP contribution >= 0.6 is 0 Å². The van der Waals surface area contributed by atoms with Crippen molar-refractivity contribution in [1.82, 2.24) is 15.0 Å². The fraction of sp³-hybridized carbons (Fsp3) is 0.409. The Bertz CT molecular complexity index is 891. The van der Waals surface area contributed by atoms with E-state index in [1.54, 1.807) is 6.20 Å². The summed E-state index contributed by atoms with van der Waals surface area (Å²) in [6.45, 7) is 10.6. The van der Waals surface area contributed by atoms with E-state index in [0.717, 1.165) is 48.9 Å². The predicted octanol–water partition coefficient (Wildman–Crippen LogP) is 5.52. The minimum Gasteiger partial charge on any atom is -0.341 e. The molecule has 0 spiro atoms. The van der Waals surface area contributed by atoms with Crippen LogP contribution < -0.4 is 10.2 Å². The molecule has 0 unspecified atom stereocenters. The van der Waals surface area contributed by atoms with Crippen LogP contribution in [0.5, 0.6) is 0 Å². The Morgan fingerprint density at radius 2 is 1.93 bits per heavy atom. The second kappa shape index (κ2) is 8.80. The standard InChI is InChI=1S/C22H29N5/c1-5-7-13-27(6-2)22-23-12-11-20(26-22)25-21-14-19-17(15-24-21)9-8-10-18(19)16(3)4/h8-12,14-16H,5-7,13H2,1-4H3,(H,23,24,25,26). The molecule has 3 aromatic rings. The number of nitrogens with one attached hydrogen (secondary N) is 1. The lowest BCUT2D eigenvalue weighted by Crippen LogP contribution is -2.26. The zero-order valence-corrected chi connectivity index (χ0v) is 16.7. The zero-order chi connectivity index (χ0) is 19.2. The molecule has 5 heteroatoms. The predicted molar refractivity (Wildman–Crippen MR) is 114 cm³/mol. The van der Waals surface area contributed by atoms with E-state index in [-0.39, 0.29) is 0 Å². The van der Waals surface area contributed by atoms with Crippen molar-refractivity contribution in [2.75, 3.05) is 23.3 Å². The summed E-state index contributed by atoms with van der Waals surface area (Å²) in [7, 11) is 0. The van der Waals surface area contributed by atoms with Crippen molar-refractivity contribution in [3.8, 4) is 0 Å². The lowest BCUT2D eigenvalue weighted by molar-refractivity contribution is 0.714. The van der Waals surface area contributed by atoms with Crippen LogP contribution in [0.15, 0.2) is 42.7 Å². The second-order valence-electron chi connectivity index (χ2n) is 7.09. The summed E-state index contributed by atoms with van der Waals surface area (Å²) in [5.74, 6) is 2.80. The van der Waals surface area contributed by atoms with Crippen molar-refractivity contribution in [2.45, 2.75) is 46.5 Å². The maximum absolute atomic E-state index is 4.69. The van der Waals surface area contributed by atoms with Crippen LogP contribution in [0.2, 0.25) is 0 Å². The van der Waals surface area contributed by atoms with Gasteiger partial charge in [0.05, 0.1) is 0 Å². The first-order valence-corrected chi connectivity index (χ1v) is 9.86. The number of nitrogens with zero attached hydrogens (tertiary/aromatic N) is 4. The van der Waals surface area contributed by atoms with Crippen LogP contribution in [-0.4, -0.2) is 28.0 Å². The third kappa shape index (κ3) is 4.54. The number of hydrogen-bond acceptors (Lipinski definition) is 5. The number of unbranched alkanes of at least 4 members (excludes halogenated alkanes) is 1. The summed E-state index contributed by atoms with van der Waals surface area (Å²) in [5, 5.41) is 5.74. The van der Waals surface area contributed by atoms with E-state index in [1.165, 1.54) is 10.9 Å². The molecule has 0 aliphatic carbocycles. The average molecular weight is 364 g/mol. The van der Waals surface area contributed by atoms with Crippen LogP contribution in [0.4, 0.5) is 17.6 Å². The van der Waals surface area contributed by atoms with Crippen molar-refractivity contribution in [3.05, 3.63) is 48.3 Å². The topological polar surface area (TPSA) is 53.9 Å². The minimum atomic E-state index is 0.464. The number of fused-ring (bicyclic) bond motifs is 1. The van der Waals surface area contributed by atoms with Gasteiger partial charge in [-0.2, -0.15) is 4.98 Å². The number of anilines is 3. The van der Waals surface area contributed by atoms with Crippen molar-refractivity contribution in [1.29, 1.82) is 0 Å². The first-order valence-electron chi connectivity index (χ1n) is 9.86. The molecule has 5 nitrogen and oxygen atoms in total. The highest BCUT2D eigenvalue weighted by atomic mass is 15.3. The van der Waals surface area contributed by atoms with Gasteiger partial charge < -0.3 is 10.2 Å². The van der Waals surface area contributed by atoms with Gasteiger partial charge in [0, 0.05) is 30.9 Å². The van der Waals surface area contributed by atoms with Crippen molar-refractivity contribution in [3.63, 3.8) is 0 Å². The van der Waals surface area contributed by atoms with E-state index in [4.69, 9.17) is 4.98 Å². The molecule has 0 aliphatic rings. The maximum Gasteiger partial charge on any atom is 0.227 e. The Morgan fingerprint density at radius 3 is 2.67 bits per heavy atom. The molecule has 0 bridgehead atoms. The van der Waals surface area contributed by atoms with E-state index in [9.17, 15) is 0 Å². The van der Waals surface area contributed by atoms with Crippen LogP contribution in [0.3, 0.4) is 0 Å². The fourth-order valence-corrected chi connectivity index (χ4v) is 3.22. The molecule has 0 saturated carbocycles. The summed E-state index contributed by atoms with van der Waals surface area (Å²) in [6.07, 6.45) is 6.03. The first kappa shape index (κ1) is 19.1. The monoisotopic (exact) mass is 363 g/mol. The Hall–Kier alpha value is -2.69. The summed E-state index contributed by atoms with van der Waals surface area (Å²) in [6, 6.07) is 10.4. The van der Waals surface area contributed by atoms with Crippen LogP contribution in [-0.2, 0) is 0 Å². The van der Waals surface area contributed by atoms with Crippen molar-refractivity contribution in [2.24, 2.45) is 0 Å². The molecular formula is C22H29N5. The van der Waals surface area contributed by atoms with Gasteiger partial charge in [-0.3, -0.25) is 0 Å². The largest absolute Gasteiger partial charge is 0.341 e. The molecule has 2 heterocycles. The molecule has 0 atom stereocenters. The SMILES string of the molecule is CCCCN(CC)c1nccc(Nc2cc3c(C(C)C)cccc3cn2)n1. The number of rotatable bonds is 8. The molecular weight excluding hydrogens is 334 g/mol. The highest BCUT2D eigenvalue weighted by Crippen LogP contribution is 2.27. The zero-order valence-electron chi connectivity index (χ0n) is 16.7. The molecule has 0 saturated heterocycles. The summed E-state index contributed by atoms with van der Waals surface area (Å²) < 4.78 is 0. The van der Waals surface area contributed by atoms with Crippen LogP contribution in [0.1, 0.15) is 52.0 Å². The summed E-state index contributed by atoms with van der Waals surface area (Å²) >= 11 is 0. The molecule has 0 aliphatic heterocycles. The van der Waals surface area contributed by atoms with Crippen LogP contribution in [0.25, 0.3) is 10.8 Å². The van der Waals surface area contributed by atoms with Gasteiger partial charge in [-0.05, 0) is 42.3 Å². The van der Waals surface area contributed by atoms with Gasteiger partial charge in [0.1, 0.15) is 11.6 Å². The third-order valence-electron chi connectivity index (χ3n) is 4.76. The number of aromatic nitrogens is 3. The van der Waals surface area contributed by atoms with Gasteiger partial charge in [-0.15, -0.1) is 0 Å². The van der Waals surface area contributed by atoms with E-state index < -0.39 is 0 Å². The summed E-state index contributed by atoms with van der Waals surface area (Å²) in [5.41, 5.74) is 1.33. The third-order valence-corrected chi connectivity index (χ3v) is 4.76. The maximum atomic E-state index is 4.69. The molecule has 0 amide bonds. The second-order valence-corrected chi connectivity index (χ2v) is 7.09. The Kier molecular flexibility index (Phi) is 6.22. The van der Waals surface area contributed by atoms with E-state index >= 15 is 0 Å². The average Bonchev–Trinajstić information content (AvgIpc) is 2.68. The molecule has 0 fully saturated rings. The number of hydrogen-bond donors (Lipinski definition) is 1. The first-order chi connectivity index (χ1) is 13.1. The van der Waals surface area contributed by atoms with Gasteiger partial charge in [-0.1, -0.05) is 45.4 Å². The lowest BCUT2D eigenvalue weighted by Gasteiger charge is -2.20.